The molecule has 1 aliphatic heterocycles. The number of hydrogen-bond donors (Lipinski definition) is 2. The van der Waals surface area contributed by atoms with Gasteiger partial charge >= 0.3 is 0 Å². The van der Waals surface area contributed by atoms with E-state index in [2.05, 4.69) is 31.4 Å². The number of halogens is 2. The molecular weight excluding hydrogens is 426 g/mol. The van der Waals surface area contributed by atoms with Crippen molar-refractivity contribution < 1.29 is 18.4 Å². The predicted octanol–water partition coefficient (Wildman–Crippen LogP) is 4.28. The van der Waals surface area contributed by atoms with Crippen molar-refractivity contribution in [3.8, 4) is 0 Å². The number of nitrogens with one attached hydrogen (secondary N) is 2. The van der Waals surface area contributed by atoms with Gasteiger partial charge in [0.15, 0.2) is 0 Å². The van der Waals surface area contributed by atoms with Crippen molar-refractivity contribution in [1.82, 2.24) is 14.8 Å². The van der Waals surface area contributed by atoms with E-state index in [9.17, 15) is 18.4 Å². The number of carbonyl (C=O) groups is 2. The molecule has 6 nitrogen and oxygen atoms in total. The van der Waals surface area contributed by atoms with E-state index in [1.54, 1.807) is 6.07 Å². The molecule has 2 aromatic rings. The molecule has 0 atom stereocenters. The summed E-state index contributed by atoms with van der Waals surface area (Å²) in [7, 11) is 0. The summed E-state index contributed by atoms with van der Waals surface area (Å²) in [5, 5.41) is 6.00. The highest BCUT2D eigenvalue weighted by molar-refractivity contribution is 6.05. The van der Waals surface area contributed by atoms with Crippen LogP contribution >= 0.6 is 0 Å². The molecule has 0 bridgehead atoms. The maximum Gasteiger partial charge on any atom is 0.270 e. The van der Waals surface area contributed by atoms with Crippen molar-refractivity contribution in [1.29, 1.82) is 0 Å². The topological polar surface area (TPSA) is 66.4 Å². The van der Waals surface area contributed by atoms with E-state index in [1.807, 2.05) is 22.5 Å². The minimum absolute atomic E-state index is 0.104. The van der Waals surface area contributed by atoms with Gasteiger partial charge in [-0.15, -0.1) is 0 Å². The summed E-state index contributed by atoms with van der Waals surface area (Å²) in [4.78, 5) is 27.6. The molecule has 180 valence electrons. The van der Waals surface area contributed by atoms with E-state index in [4.69, 9.17) is 0 Å². The van der Waals surface area contributed by atoms with Gasteiger partial charge in [0.1, 0.15) is 0 Å². The SMILES string of the molecule is Cc1c(C(=O)Nc2cccc(C(C)(F)F)c2)cc(C(C)(C)C)n1CCC(=O)N1CCNCC1. The lowest BCUT2D eigenvalue weighted by molar-refractivity contribution is -0.132. The second-order valence-electron chi connectivity index (χ2n) is 9.73. The van der Waals surface area contributed by atoms with Gasteiger partial charge in [-0.1, -0.05) is 32.9 Å². The summed E-state index contributed by atoms with van der Waals surface area (Å²) in [6, 6.07) is 7.57. The number of nitrogens with zero attached hydrogens (tertiary/aromatic N) is 2. The largest absolute Gasteiger partial charge is 0.347 e. The second kappa shape index (κ2) is 9.63. The van der Waals surface area contributed by atoms with Crippen LogP contribution in [0.2, 0.25) is 0 Å². The number of rotatable bonds is 6. The van der Waals surface area contributed by atoms with Crippen LogP contribution < -0.4 is 10.6 Å². The average molecular weight is 461 g/mol. The number of amides is 2. The van der Waals surface area contributed by atoms with E-state index in [1.165, 1.54) is 18.2 Å². The first kappa shape index (κ1) is 24.9. The summed E-state index contributed by atoms with van der Waals surface area (Å²) in [6.45, 7) is 12.4. The Morgan fingerprint density at radius 2 is 1.76 bits per heavy atom. The lowest BCUT2D eigenvalue weighted by atomic mass is 9.91. The molecule has 1 aromatic carbocycles. The predicted molar refractivity (Wildman–Crippen MR) is 126 cm³/mol. The zero-order valence-electron chi connectivity index (χ0n) is 20.1. The molecule has 0 unspecified atom stereocenters. The number of hydrogen-bond acceptors (Lipinski definition) is 3. The summed E-state index contributed by atoms with van der Waals surface area (Å²) in [5.41, 5.74) is 2.09. The fourth-order valence-electron chi connectivity index (χ4n) is 4.13. The van der Waals surface area contributed by atoms with Crippen molar-refractivity contribution in [2.24, 2.45) is 0 Å². The smallest absolute Gasteiger partial charge is 0.270 e. The maximum atomic E-state index is 13.7. The van der Waals surface area contributed by atoms with Gasteiger partial charge in [-0.2, -0.15) is 0 Å². The molecule has 2 heterocycles. The Morgan fingerprint density at radius 3 is 2.36 bits per heavy atom. The summed E-state index contributed by atoms with van der Waals surface area (Å²) >= 11 is 0. The molecule has 0 radical (unpaired) electrons. The molecule has 2 amide bonds. The molecular formula is C25H34F2N4O2. The zero-order chi connectivity index (χ0) is 24.4. The van der Waals surface area contributed by atoms with Crippen LogP contribution in [0, 0.1) is 6.92 Å². The first-order valence-corrected chi connectivity index (χ1v) is 11.4. The molecule has 0 aliphatic carbocycles. The van der Waals surface area contributed by atoms with E-state index in [-0.39, 0.29) is 22.8 Å². The molecule has 33 heavy (non-hydrogen) atoms. The fourth-order valence-corrected chi connectivity index (χ4v) is 4.13. The number of carbonyl (C=O) groups excluding carboxylic acids is 2. The van der Waals surface area contributed by atoms with Crippen LogP contribution in [0.5, 0.6) is 0 Å². The highest BCUT2D eigenvalue weighted by Crippen LogP contribution is 2.30. The van der Waals surface area contributed by atoms with E-state index < -0.39 is 5.92 Å². The van der Waals surface area contributed by atoms with Crippen LogP contribution in [-0.2, 0) is 22.7 Å². The van der Waals surface area contributed by atoms with E-state index in [0.29, 0.717) is 37.3 Å². The Morgan fingerprint density at radius 1 is 1.09 bits per heavy atom. The first-order chi connectivity index (χ1) is 15.4. The molecule has 1 fully saturated rings. The lowest BCUT2D eigenvalue weighted by Crippen LogP contribution is -2.46. The Balaban J connectivity index is 1.82. The Labute approximate surface area is 194 Å². The van der Waals surface area contributed by atoms with Crippen molar-refractivity contribution in [2.75, 3.05) is 31.5 Å². The van der Waals surface area contributed by atoms with Crippen molar-refractivity contribution >= 4 is 17.5 Å². The van der Waals surface area contributed by atoms with Crippen LogP contribution in [0.1, 0.15) is 61.4 Å². The second-order valence-corrected chi connectivity index (χ2v) is 9.73. The van der Waals surface area contributed by atoms with Gasteiger partial charge in [0.2, 0.25) is 5.91 Å². The average Bonchev–Trinajstić information content (AvgIpc) is 3.09. The summed E-state index contributed by atoms with van der Waals surface area (Å²) < 4.78 is 29.4. The Hall–Kier alpha value is -2.74. The molecule has 1 aliphatic rings. The number of anilines is 1. The zero-order valence-corrected chi connectivity index (χ0v) is 20.1. The van der Waals surface area contributed by atoms with Crippen LogP contribution in [-0.4, -0.2) is 47.5 Å². The monoisotopic (exact) mass is 460 g/mol. The molecule has 1 saturated heterocycles. The van der Waals surface area contributed by atoms with Crippen molar-refractivity contribution in [3.63, 3.8) is 0 Å². The Bertz CT molecular complexity index is 1010. The van der Waals surface area contributed by atoms with Gasteiger partial charge in [0.25, 0.3) is 11.8 Å². The number of piperazine rings is 1. The third-order valence-corrected chi connectivity index (χ3v) is 6.03. The number of benzene rings is 1. The quantitative estimate of drug-likeness (QED) is 0.676. The third kappa shape index (κ3) is 5.99. The molecule has 1 aromatic heterocycles. The van der Waals surface area contributed by atoms with Gasteiger partial charge in [-0.05, 0) is 25.1 Å². The third-order valence-electron chi connectivity index (χ3n) is 6.03. The van der Waals surface area contributed by atoms with Crippen molar-refractivity contribution in [3.05, 3.63) is 52.8 Å². The van der Waals surface area contributed by atoms with Gasteiger partial charge < -0.3 is 20.1 Å². The van der Waals surface area contributed by atoms with Crippen LogP contribution in [0.25, 0.3) is 0 Å². The molecule has 0 spiro atoms. The lowest BCUT2D eigenvalue weighted by Gasteiger charge is -2.28. The number of aromatic nitrogens is 1. The molecule has 0 saturated carbocycles. The molecule has 8 heteroatoms. The van der Waals surface area contributed by atoms with Gasteiger partial charge in [-0.25, -0.2) is 8.78 Å². The van der Waals surface area contributed by atoms with E-state index >= 15 is 0 Å². The van der Waals surface area contributed by atoms with Crippen molar-refractivity contribution in [2.45, 2.75) is 58.9 Å². The fraction of sp³-hybridized carbons (Fsp3) is 0.520. The summed E-state index contributed by atoms with van der Waals surface area (Å²) in [6.07, 6.45) is 0.354. The highest BCUT2D eigenvalue weighted by Gasteiger charge is 2.27. The highest BCUT2D eigenvalue weighted by atomic mass is 19.3. The maximum absolute atomic E-state index is 13.7. The van der Waals surface area contributed by atoms with Gasteiger partial charge in [0.05, 0.1) is 5.56 Å². The molecule has 2 N–H and O–H groups in total. The Kier molecular flexibility index (Phi) is 7.26. The minimum Gasteiger partial charge on any atom is -0.347 e. The molecule has 3 rings (SSSR count). The van der Waals surface area contributed by atoms with Crippen LogP contribution in [0.15, 0.2) is 30.3 Å². The van der Waals surface area contributed by atoms with E-state index in [0.717, 1.165) is 31.4 Å². The minimum atomic E-state index is -2.99. The van der Waals surface area contributed by atoms with Gasteiger partial charge in [0, 0.05) is 74.1 Å². The normalized spacial score (nSPS) is 14.9. The number of alkyl halides is 2. The first-order valence-electron chi connectivity index (χ1n) is 11.4. The van der Waals surface area contributed by atoms with Gasteiger partial charge in [-0.3, -0.25) is 9.59 Å². The summed E-state index contributed by atoms with van der Waals surface area (Å²) in [5.74, 6) is -3.24. The standard InChI is InChI=1S/C25H34F2N4O2/c1-17-20(23(33)29-19-8-6-7-18(15-19)25(5,26)27)16-21(24(2,3)4)31(17)12-9-22(32)30-13-10-28-11-14-30/h6-8,15-16,28H,9-14H2,1-5H3,(H,29,33). The van der Waals surface area contributed by atoms with Crippen LogP contribution in [0.4, 0.5) is 14.5 Å². The van der Waals surface area contributed by atoms with Crippen LogP contribution in [0.3, 0.4) is 0 Å².